The van der Waals surface area contributed by atoms with Crippen LogP contribution in [0, 0.1) is 6.92 Å². The number of carbonyl (C=O) groups excluding carboxylic acids is 1. The van der Waals surface area contributed by atoms with Crippen LogP contribution in [0.3, 0.4) is 0 Å². The van der Waals surface area contributed by atoms with E-state index in [1.807, 2.05) is 55.5 Å². The molecule has 0 saturated carbocycles. The minimum absolute atomic E-state index is 0.461. The van der Waals surface area contributed by atoms with Gasteiger partial charge in [0.05, 0.1) is 0 Å². The molecule has 5 unspecified atom stereocenters. The summed E-state index contributed by atoms with van der Waals surface area (Å²) in [5, 5.41) is 41.1. The number of anilines is 1. The molecule has 1 amide bonds. The lowest BCUT2D eigenvalue weighted by Gasteiger charge is -2.37. The molecule has 0 radical (unpaired) electrons. The molecule has 1 aliphatic heterocycles. The molecule has 7 heteroatoms. The first kappa shape index (κ1) is 20.2. The Labute approximate surface area is 162 Å². The Kier molecular flexibility index (Phi) is 6.23. The number of nitrogens with one attached hydrogen (secondary N) is 1. The molecule has 0 bridgehead atoms. The van der Waals surface area contributed by atoms with Crippen LogP contribution in [0.15, 0.2) is 48.5 Å². The molecule has 1 heterocycles. The molecular formula is C21H23NO6. The third-order valence-electron chi connectivity index (χ3n) is 4.57. The van der Waals surface area contributed by atoms with E-state index in [0.717, 1.165) is 11.1 Å². The van der Waals surface area contributed by atoms with Gasteiger partial charge < -0.3 is 30.5 Å². The molecule has 28 heavy (non-hydrogen) atoms. The number of aliphatic hydroxyl groups excluding tert-OH is 4. The summed E-state index contributed by atoms with van der Waals surface area (Å²) >= 11 is 0. The number of carbonyl (C=O) groups is 1. The second-order valence-electron chi connectivity index (χ2n) is 6.77. The zero-order valence-electron chi connectivity index (χ0n) is 15.3. The van der Waals surface area contributed by atoms with Crippen molar-refractivity contribution in [3.63, 3.8) is 0 Å². The Morgan fingerprint density at radius 2 is 1.39 bits per heavy atom. The molecule has 1 fully saturated rings. The number of hydrogen-bond acceptors (Lipinski definition) is 6. The van der Waals surface area contributed by atoms with Gasteiger partial charge in [0.25, 0.3) is 5.91 Å². The standard InChI is InChI=1S/C21H23NO6/c1-12-2-4-13(5-3-12)6-7-14-8-10-15(11-9-14)22-20(26)19-17(24)16(23)18(25)21(27)28-19/h2-11,16-19,21,23-25,27H,1H3,(H,22,26). The van der Waals surface area contributed by atoms with E-state index in [0.29, 0.717) is 5.69 Å². The third-order valence-corrected chi connectivity index (χ3v) is 4.57. The highest BCUT2D eigenvalue weighted by atomic mass is 16.6. The van der Waals surface area contributed by atoms with Gasteiger partial charge in [-0.1, -0.05) is 54.1 Å². The van der Waals surface area contributed by atoms with Crippen LogP contribution in [0.1, 0.15) is 16.7 Å². The van der Waals surface area contributed by atoms with Gasteiger partial charge in [0, 0.05) is 5.69 Å². The van der Waals surface area contributed by atoms with Crippen molar-refractivity contribution in [2.24, 2.45) is 0 Å². The van der Waals surface area contributed by atoms with Gasteiger partial charge in [-0.15, -0.1) is 0 Å². The summed E-state index contributed by atoms with van der Waals surface area (Å²) in [4.78, 5) is 12.3. The van der Waals surface area contributed by atoms with Crippen LogP contribution in [-0.4, -0.2) is 57.0 Å². The van der Waals surface area contributed by atoms with Crippen molar-refractivity contribution in [2.75, 3.05) is 5.32 Å². The summed E-state index contributed by atoms with van der Waals surface area (Å²) in [6, 6.07) is 15.1. The van der Waals surface area contributed by atoms with Crippen molar-refractivity contribution < 1.29 is 30.0 Å². The summed E-state index contributed by atoms with van der Waals surface area (Å²) in [5.74, 6) is -0.736. The maximum atomic E-state index is 12.3. The van der Waals surface area contributed by atoms with Crippen molar-refractivity contribution in [1.29, 1.82) is 0 Å². The number of ether oxygens (including phenoxy) is 1. The van der Waals surface area contributed by atoms with Gasteiger partial charge in [0.2, 0.25) is 0 Å². The lowest BCUT2D eigenvalue weighted by atomic mass is 9.98. The smallest absolute Gasteiger partial charge is 0.256 e. The molecule has 0 aromatic heterocycles. The van der Waals surface area contributed by atoms with E-state index in [2.05, 4.69) is 5.32 Å². The quantitative estimate of drug-likeness (QED) is 0.499. The largest absolute Gasteiger partial charge is 0.387 e. The van der Waals surface area contributed by atoms with Crippen LogP contribution in [-0.2, 0) is 9.53 Å². The van der Waals surface area contributed by atoms with Gasteiger partial charge in [-0.3, -0.25) is 4.79 Å². The van der Waals surface area contributed by atoms with Crippen LogP contribution in [0.2, 0.25) is 0 Å². The molecule has 0 spiro atoms. The normalized spacial score (nSPS) is 27.7. The summed E-state index contributed by atoms with van der Waals surface area (Å²) in [6.07, 6.45) is -4.37. The molecule has 3 rings (SSSR count). The summed E-state index contributed by atoms with van der Waals surface area (Å²) in [5.41, 5.74) is 3.66. The highest BCUT2D eigenvalue weighted by Crippen LogP contribution is 2.21. The van der Waals surface area contributed by atoms with E-state index in [1.54, 1.807) is 12.1 Å². The number of aliphatic hydroxyl groups is 4. The van der Waals surface area contributed by atoms with Crippen molar-refractivity contribution in [3.8, 4) is 0 Å². The Morgan fingerprint density at radius 1 is 0.857 bits per heavy atom. The zero-order valence-corrected chi connectivity index (χ0v) is 15.3. The van der Waals surface area contributed by atoms with Gasteiger partial charge >= 0.3 is 0 Å². The topological polar surface area (TPSA) is 119 Å². The van der Waals surface area contributed by atoms with Crippen molar-refractivity contribution in [1.82, 2.24) is 0 Å². The lowest BCUT2D eigenvalue weighted by molar-refractivity contribution is -0.274. The Morgan fingerprint density at radius 3 is 1.96 bits per heavy atom. The molecule has 7 nitrogen and oxygen atoms in total. The van der Waals surface area contributed by atoms with Gasteiger partial charge in [0.1, 0.15) is 18.3 Å². The molecular weight excluding hydrogens is 362 g/mol. The molecule has 2 aromatic rings. The number of aryl methyl sites for hydroxylation is 1. The Bertz CT molecular complexity index is 833. The van der Waals surface area contributed by atoms with Crippen molar-refractivity contribution in [2.45, 2.75) is 37.6 Å². The van der Waals surface area contributed by atoms with E-state index in [9.17, 15) is 25.2 Å². The van der Waals surface area contributed by atoms with E-state index in [-0.39, 0.29) is 0 Å². The molecule has 1 saturated heterocycles. The minimum atomic E-state index is -1.76. The monoisotopic (exact) mass is 385 g/mol. The second-order valence-corrected chi connectivity index (χ2v) is 6.77. The summed E-state index contributed by atoms with van der Waals surface area (Å²) in [6.45, 7) is 2.03. The van der Waals surface area contributed by atoms with E-state index < -0.39 is 36.6 Å². The van der Waals surface area contributed by atoms with E-state index >= 15 is 0 Å². The maximum absolute atomic E-state index is 12.3. The average molecular weight is 385 g/mol. The molecule has 1 aliphatic rings. The lowest BCUT2D eigenvalue weighted by Crippen LogP contribution is -2.60. The summed E-state index contributed by atoms with van der Waals surface area (Å²) < 4.78 is 4.91. The molecule has 2 aromatic carbocycles. The average Bonchev–Trinajstić information content (AvgIpc) is 2.69. The molecule has 0 aliphatic carbocycles. The van der Waals surface area contributed by atoms with Gasteiger partial charge in [0.15, 0.2) is 12.4 Å². The molecule has 5 N–H and O–H groups in total. The van der Waals surface area contributed by atoms with Crippen molar-refractivity contribution >= 4 is 23.7 Å². The summed E-state index contributed by atoms with van der Waals surface area (Å²) in [7, 11) is 0. The number of benzene rings is 2. The fourth-order valence-electron chi connectivity index (χ4n) is 2.84. The maximum Gasteiger partial charge on any atom is 0.256 e. The fourth-order valence-corrected chi connectivity index (χ4v) is 2.84. The van der Waals surface area contributed by atoms with Crippen LogP contribution in [0.25, 0.3) is 12.2 Å². The van der Waals surface area contributed by atoms with Crippen molar-refractivity contribution in [3.05, 3.63) is 65.2 Å². The Hall–Kier alpha value is -2.55. The van der Waals surface area contributed by atoms with Gasteiger partial charge in [-0.2, -0.15) is 0 Å². The first-order valence-corrected chi connectivity index (χ1v) is 8.88. The first-order valence-electron chi connectivity index (χ1n) is 8.88. The van der Waals surface area contributed by atoms with Crippen LogP contribution < -0.4 is 5.32 Å². The van der Waals surface area contributed by atoms with E-state index in [4.69, 9.17) is 4.74 Å². The minimum Gasteiger partial charge on any atom is -0.387 e. The fraction of sp³-hybridized carbons (Fsp3) is 0.286. The number of rotatable bonds is 4. The predicted octanol–water partition coefficient (Wildman–Crippen LogP) is 0.904. The van der Waals surface area contributed by atoms with Crippen LogP contribution in [0.4, 0.5) is 5.69 Å². The number of hydrogen-bond donors (Lipinski definition) is 5. The van der Waals surface area contributed by atoms with Crippen LogP contribution >= 0.6 is 0 Å². The highest BCUT2D eigenvalue weighted by Gasteiger charge is 2.46. The first-order chi connectivity index (χ1) is 13.3. The Balaban J connectivity index is 1.62. The highest BCUT2D eigenvalue weighted by molar-refractivity contribution is 5.95. The molecule has 5 atom stereocenters. The van der Waals surface area contributed by atoms with Crippen LogP contribution in [0.5, 0.6) is 0 Å². The molecule has 148 valence electrons. The SMILES string of the molecule is Cc1ccc(C=Cc2ccc(NC(=O)C3OC(O)C(O)C(O)C3O)cc2)cc1. The number of amides is 1. The third kappa shape index (κ3) is 4.64. The van der Waals surface area contributed by atoms with E-state index in [1.165, 1.54) is 5.56 Å². The predicted molar refractivity (Wildman–Crippen MR) is 104 cm³/mol. The van der Waals surface area contributed by atoms with Gasteiger partial charge in [-0.05, 0) is 30.2 Å². The second kappa shape index (κ2) is 8.64. The zero-order chi connectivity index (χ0) is 20.3. The van der Waals surface area contributed by atoms with Gasteiger partial charge in [-0.25, -0.2) is 0 Å².